The number of hydrogen-bond donors (Lipinski definition) is 2. The van der Waals surface area contributed by atoms with Crippen molar-refractivity contribution >= 4 is 22.6 Å². The van der Waals surface area contributed by atoms with E-state index in [1.54, 1.807) is 0 Å². The molecule has 2 fully saturated rings. The quantitative estimate of drug-likeness (QED) is 0.624. The first kappa shape index (κ1) is 23.0. The molecule has 0 bridgehead atoms. The first-order valence-corrected chi connectivity index (χ1v) is 11.7. The van der Waals surface area contributed by atoms with Gasteiger partial charge < -0.3 is 15.4 Å². The van der Waals surface area contributed by atoms with E-state index in [-0.39, 0.29) is 35.8 Å². The van der Waals surface area contributed by atoms with Crippen LogP contribution in [0.4, 0.5) is 19.0 Å². The molecule has 2 aromatic rings. The lowest BCUT2D eigenvalue weighted by molar-refractivity contribution is -0.137. The lowest BCUT2D eigenvalue weighted by Gasteiger charge is -2.47. The van der Waals surface area contributed by atoms with E-state index in [1.807, 2.05) is 0 Å². The Hall–Kier alpha value is -2.72. The predicted octanol–water partition coefficient (Wildman–Crippen LogP) is 3.37. The topological polar surface area (TPSA) is 79.4 Å². The second-order valence-electron chi connectivity index (χ2n) is 9.32. The summed E-state index contributed by atoms with van der Waals surface area (Å²) in [4.78, 5) is 22.9. The molecule has 1 atom stereocenters. The fourth-order valence-corrected chi connectivity index (χ4v) is 5.22. The van der Waals surface area contributed by atoms with Crippen LogP contribution in [0.15, 0.2) is 36.7 Å². The van der Waals surface area contributed by atoms with Crippen LogP contribution in [0.1, 0.15) is 31.2 Å². The molecular weight excluding hydrogens is 447 g/mol. The highest BCUT2D eigenvalue weighted by atomic mass is 19.4. The summed E-state index contributed by atoms with van der Waals surface area (Å²) in [6, 6.07) is 3.94. The molecule has 1 saturated heterocycles. The van der Waals surface area contributed by atoms with Gasteiger partial charge in [-0.1, -0.05) is 12.2 Å². The third-order valence-corrected chi connectivity index (χ3v) is 7.09. The number of aromatic nitrogens is 2. The molecule has 2 aliphatic heterocycles. The van der Waals surface area contributed by atoms with Crippen molar-refractivity contribution in [2.75, 3.05) is 31.6 Å². The number of anilines is 1. The molecule has 7 nitrogen and oxygen atoms in total. The number of ether oxygens (including phenoxy) is 1. The molecule has 0 spiro atoms. The average Bonchev–Trinajstić information content (AvgIpc) is 3.34. The van der Waals surface area contributed by atoms with Gasteiger partial charge in [0.1, 0.15) is 12.1 Å². The molecule has 0 unspecified atom stereocenters. The van der Waals surface area contributed by atoms with E-state index in [0.717, 1.165) is 44.7 Å². The van der Waals surface area contributed by atoms with E-state index >= 15 is 0 Å². The van der Waals surface area contributed by atoms with Crippen LogP contribution in [-0.2, 0) is 15.7 Å². The summed E-state index contributed by atoms with van der Waals surface area (Å²) in [7, 11) is 0. The van der Waals surface area contributed by atoms with Crippen molar-refractivity contribution < 1.29 is 22.7 Å². The van der Waals surface area contributed by atoms with Gasteiger partial charge in [0, 0.05) is 24.5 Å². The zero-order valence-electron chi connectivity index (χ0n) is 18.7. The second-order valence-corrected chi connectivity index (χ2v) is 9.32. The molecule has 3 heterocycles. The first-order valence-electron chi connectivity index (χ1n) is 11.7. The molecule has 0 radical (unpaired) electrons. The Morgan fingerprint density at radius 3 is 2.65 bits per heavy atom. The number of alkyl halides is 3. The standard InChI is InChI=1S/C24H28F3N5O2/c25-24(26,27)16-5-8-20-19(10-16)23(30-14-29-20)28-11-22(33)31-17-12-32(13-17)18-6-3-15(4-7-18)21-2-1-9-34-21/h1-2,5,8,10,14-15,17-18,21H,3-4,6-7,9,11-13H2,(H,31,33)(H,28,29,30)/t15?,18?,21-/m1/s1. The number of benzene rings is 1. The summed E-state index contributed by atoms with van der Waals surface area (Å²) in [6.07, 6.45) is 6.01. The summed E-state index contributed by atoms with van der Waals surface area (Å²) in [5, 5.41) is 6.09. The minimum atomic E-state index is -4.46. The van der Waals surface area contributed by atoms with E-state index in [2.05, 4.69) is 37.7 Å². The maximum atomic E-state index is 13.1. The maximum absolute atomic E-state index is 13.1. The number of carbonyl (C=O) groups excluding carboxylic acids is 1. The van der Waals surface area contributed by atoms with Crippen molar-refractivity contribution in [1.29, 1.82) is 0 Å². The highest BCUT2D eigenvalue weighted by molar-refractivity contribution is 5.91. The van der Waals surface area contributed by atoms with E-state index in [0.29, 0.717) is 17.5 Å². The molecule has 10 heteroatoms. The van der Waals surface area contributed by atoms with Gasteiger partial charge in [-0.2, -0.15) is 13.2 Å². The van der Waals surface area contributed by atoms with Gasteiger partial charge in [-0.3, -0.25) is 9.69 Å². The van der Waals surface area contributed by atoms with Crippen LogP contribution < -0.4 is 10.6 Å². The summed E-state index contributed by atoms with van der Waals surface area (Å²) in [6.45, 7) is 2.31. The van der Waals surface area contributed by atoms with Crippen molar-refractivity contribution in [1.82, 2.24) is 20.2 Å². The van der Waals surface area contributed by atoms with Crippen LogP contribution in [0, 0.1) is 5.92 Å². The van der Waals surface area contributed by atoms with Crippen LogP contribution >= 0.6 is 0 Å². The monoisotopic (exact) mass is 475 g/mol. The molecule has 1 aromatic carbocycles. The third kappa shape index (κ3) is 5.02. The summed E-state index contributed by atoms with van der Waals surface area (Å²) in [5.74, 6) is 0.611. The van der Waals surface area contributed by atoms with Crippen LogP contribution in [0.2, 0.25) is 0 Å². The predicted molar refractivity (Wildman–Crippen MR) is 121 cm³/mol. The summed E-state index contributed by atoms with van der Waals surface area (Å²) in [5.41, 5.74) is -0.399. The van der Waals surface area contributed by atoms with Gasteiger partial charge in [-0.15, -0.1) is 0 Å². The highest BCUT2D eigenvalue weighted by Crippen LogP contribution is 2.34. The van der Waals surface area contributed by atoms with Gasteiger partial charge in [-0.25, -0.2) is 9.97 Å². The molecule has 2 N–H and O–H groups in total. The molecule has 34 heavy (non-hydrogen) atoms. The molecule has 5 rings (SSSR count). The Bertz CT molecular complexity index is 1060. The van der Waals surface area contributed by atoms with E-state index in [4.69, 9.17) is 4.74 Å². The second kappa shape index (κ2) is 9.50. The fraction of sp³-hybridized carbons (Fsp3) is 0.542. The van der Waals surface area contributed by atoms with Gasteiger partial charge in [0.05, 0.1) is 36.4 Å². The Morgan fingerprint density at radius 2 is 1.94 bits per heavy atom. The zero-order valence-corrected chi connectivity index (χ0v) is 18.7. The molecule has 1 aromatic heterocycles. The Morgan fingerprint density at radius 1 is 1.15 bits per heavy atom. The van der Waals surface area contributed by atoms with Crippen molar-refractivity contribution in [3.05, 3.63) is 42.2 Å². The van der Waals surface area contributed by atoms with Crippen LogP contribution in [0.3, 0.4) is 0 Å². The molecule has 182 valence electrons. The fourth-order valence-electron chi connectivity index (χ4n) is 5.22. The molecule has 1 saturated carbocycles. The van der Waals surface area contributed by atoms with Crippen LogP contribution in [0.5, 0.6) is 0 Å². The lowest BCUT2D eigenvalue weighted by Crippen LogP contribution is -2.63. The van der Waals surface area contributed by atoms with Gasteiger partial charge in [0.2, 0.25) is 5.91 Å². The van der Waals surface area contributed by atoms with Gasteiger partial charge in [-0.05, 0) is 49.8 Å². The number of nitrogens with one attached hydrogen (secondary N) is 2. The lowest BCUT2D eigenvalue weighted by atomic mass is 9.81. The van der Waals surface area contributed by atoms with Crippen molar-refractivity contribution in [3.8, 4) is 0 Å². The first-order chi connectivity index (χ1) is 16.4. The van der Waals surface area contributed by atoms with Crippen molar-refractivity contribution in [2.24, 2.45) is 5.92 Å². The van der Waals surface area contributed by atoms with Gasteiger partial charge in [0.15, 0.2) is 0 Å². The SMILES string of the molecule is O=C(CNc1ncnc2ccc(C(F)(F)F)cc12)NC1CN(C2CCC([C@H]3C=CCO3)CC2)C1. The summed E-state index contributed by atoms with van der Waals surface area (Å²) < 4.78 is 45.0. The Labute approximate surface area is 195 Å². The molecular formula is C24H28F3N5O2. The number of rotatable bonds is 6. The van der Waals surface area contributed by atoms with Gasteiger partial charge in [0.25, 0.3) is 0 Å². The maximum Gasteiger partial charge on any atom is 0.416 e. The van der Waals surface area contributed by atoms with E-state index < -0.39 is 11.7 Å². The van der Waals surface area contributed by atoms with Gasteiger partial charge >= 0.3 is 6.18 Å². The number of hydrogen-bond acceptors (Lipinski definition) is 6. The number of carbonyl (C=O) groups is 1. The third-order valence-electron chi connectivity index (χ3n) is 7.09. The molecule has 1 aliphatic carbocycles. The van der Waals surface area contributed by atoms with Crippen molar-refractivity contribution in [3.63, 3.8) is 0 Å². The minimum absolute atomic E-state index is 0.0706. The number of likely N-dealkylation sites (tertiary alicyclic amines) is 1. The Kier molecular flexibility index (Phi) is 6.44. The Balaban J connectivity index is 1.08. The molecule has 1 amide bonds. The number of halogens is 3. The number of fused-ring (bicyclic) bond motifs is 1. The average molecular weight is 476 g/mol. The number of nitrogens with zero attached hydrogens (tertiary/aromatic N) is 3. The van der Waals surface area contributed by atoms with Crippen LogP contribution in [-0.4, -0.2) is 65.2 Å². The normalized spacial score (nSPS) is 25.9. The summed E-state index contributed by atoms with van der Waals surface area (Å²) >= 11 is 0. The van der Waals surface area contributed by atoms with Crippen LogP contribution in [0.25, 0.3) is 10.9 Å². The number of amides is 1. The smallest absolute Gasteiger partial charge is 0.370 e. The van der Waals surface area contributed by atoms with E-state index in [9.17, 15) is 18.0 Å². The zero-order chi connectivity index (χ0) is 23.7. The van der Waals surface area contributed by atoms with E-state index in [1.165, 1.54) is 25.2 Å². The highest BCUT2D eigenvalue weighted by Gasteiger charge is 2.37. The largest absolute Gasteiger partial charge is 0.416 e. The van der Waals surface area contributed by atoms with Crippen molar-refractivity contribution in [2.45, 2.75) is 50.0 Å². The molecule has 3 aliphatic rings. The minimum Gasteiger partial charge on any atom is -0.370 e.